The van der Waals surface area contributed by atoms with E-state index in [0.717, 1.165) is 12.8 Å². The number of rotatable bonds is 6. The number of hydrogen-bond donors (Lipinski definition) is 2. The normalized spacial score (nSPS) is 18.2. The molecule has 1 atom stereocenters. The smallest absolute Gasteiger partial charge is 0.242 e. The number of carbonyl (C=O) groups excluding carboxylic acids is 1. The Labute approximate surface area is 113 Å². The van der Waals surface area contributed by atoms with Crippen molar-refractivity contribution in [2.75, 3.05) is 6.61 Å². The molecule has 0 aliphatic heterocycles. The molecule has 1 heterocycles. The molecule has 1 amide bonds. The van der Waals surface area contributed by atoms with Crippen molar-refractivity contribution < 1.29 is 9.90 Å². The maximum Gasteiger partial charge on any atom is 0.242 e. The molecule has 1 aliphatic carbocycles. The minimum atomic E-state index is -0.0606. The van der Waals surface area contributed by atoms with Crippen molar-refractivity contribution in [1.82, 2.24) is 20.3 Å². The van der Waals surface area contributed by atoms with Crippen molar-refractivity contribution in [3.63, 3.8) is 0 Å². The molecule has 2 rings (SSSR count). The second-order valence-electron chi connectivity index (χ2n) is 5.19. The van der Waals surface area contributed by atoms with E-state index >= 15 is 0 Å². The summed E-state index contributed by atoms with van der Waals surface area (Å²) in [4.78, 5) is 12.0. The largest absolute Gasteiger partial charge is 0.396 e. The molecule has 106 valence electrons. The van der Waals surface area contributed by atoms with Crippen LogP contribution >= 0.6 is 0 Å². The van der Waals surface area contributed by atoms with Gasteiger partial charge in [-0.15, -0.1) is 5.10 Å². The van der Waals surface area contributed by atoms with E-state index < -0.39 is 0 Å². The van der Waals surface area contributed by atoms with Crippen LogP contribution in [0.1, 0.15) is 38.5 Å². The van der Waals surface area contributed by atoms with Gasteiger partial charge in [-0.1, -0.05) is 24.5 Å². The molecule has 6 heteroatoms. The van der Waals surface area contributed by atoms with Gasteiger partial charge in [0.15, 0.2) is 0 Å². The predicted octanol–water partition coefficient (Wildman–Crippen LogP) is 0.726. The summed E-state index contributed by atoms with van der Waals surface area (Å²) < 4.78 is 1.51. The lowest BCUT2D eigenvalue weighted by atomic mass is 9.82. The first-order chi connectivity index (χ1) is 9.29. The lowest BCUT2D eigenvalue weighted by Crippen LogP contribution is -2.43. The van der Waals surface area contributed by atoms with E-state index in [1.54, 1.807) is 12.4 Å². The fourth-order valence-corrected chi connectivity index (χ4v) is 2.82. The Morgan fingerprint density at radius 3 is 2.84 bits per heavy atom. The summed E-state index contributed by atoms with van der Waals surface area (Å²) in [6, 6.07) is 0.0846. The summed E-state index contributed by atoms with van der Waals surface area (Å²) in [5, 5.41) is 19.6. The minimum absolute atomic E-state index is 0.0606. The average Bonchev–Trinajstić information content (AvgIpc) is 2.92. The Kier molecular flexibility index (Phi) is 5.32. The van der Waals surface area contributed by atoms with Gasteiger partial charge in [0, 0.05) is 18.8 Å². The maximum absolute atomic E-state index is 12.0. The Hall–Kier alpha value is -1.43. The van der Waals surface area contributed by atoms with Crippen molar-refractivity contribution >= 4 is 5.91 Å². The Morgan fingerprint density at radius 2 is 2.21 bits per heavy atom. The topological polar surface area (TPSA) is 80.0 Å². The molecule has 0 bridgehead atoms. The van der Waals surface area contributed by atoms with Gasteiger partial charge >= 0.3 is 0 Å². The Morgan fingerprint density at radius 1 is 1.42 bits per heavy atom. The van der Waals surface area contributed by atoms with Crippen LogP contribution in [0, 0.1) is 5.92 Å². The highest BCUT2D eigenvalue weighted by atomic mass is 16.3. The molecular formula is C13H22N4O2. The third-order valence-electron chi connectivity index (χ3n) is 3.78. The highest BCUT2D eigenvalue weighted by molar-refractivity contribution is 5.75. The molecule has 1 fully saturated rings. The third-order valence-corrected chi connectivity index (χ3v) is 3.78. The van der Waals surface area contributed by atoms with Crippen LogP contribution in [0.2, 0.25) is 0 Å². The molecule has 1 aliphatic rings. The highest BCUT2D eigenvalue weighted by Crippen LogP contribution is 2.27. The zero-order chi connectivity index (χ0) is 13.5. The van der Waals surface area contributed by atoms with Crippen molar-refractivity contribution in [2.45, 2.75) is 51.1 Å². The number of amides is 1. The summed E-state index contributed by atoms with van der Waals surface area (Å²) >= 11 is 0. The number of nitrogens with zero attached hydrogens (tertiary/aromatic N) is 3. The van der Waals surface area contributed by atoms with E-state index in [1.165, 1.54) is 23.9 Å². The average molecular weight is 266 g/mol. The van der Waals surface area contributed by atoms with Crippen LogP contribution in [-0.2, 0) is 11.3 Å². The first kappa shape index (κ1) is 14.0. The third kappa shape index (κ3) is 4.31. The van der Waals surface area contributed by atoms with Crippen LogP contribution in [0.15, 0.2) is 12.4 Å². The first-order valence-electron chi connectivity index (χ1n) is 7.04. The number of aliphatic hydroxyl groups excluding tert-OH is 1. The monoisotopic (exact) mass is 266 g/mol. The summed E-state index contributed by atoms with van der Waals surface area (Å²) in [7, 11) is 0. The molecule has 0 saturated heterocycles. The molecule has 0 spiro atoms. The maximum atomic E-state index is 12.0. The molecule has 0 radical (unpaired) electrons. The number of aliphatic hydroxyl groups is 1. The second kappa shape index (κ2) is 7.23. The van der Waals surface area contributed by atoms with Gasteiger partial charge in [0.2, 0.25) is 5.91 Å². The van der Waals surface area contributed by atoms with Crippen LogP contribution < -0.4 is 5.32 Å². The number of hydrogen-bond acceptors (Lipinski definition) is 4. The van der Waals surface area contributed by atoms with E-state index in [9.17, 15) is 4.79 Å². The number of nitrogens with one attached hydrogen (secondary N) is 1. The van der Waals surface area contributed by atoms with Crippen molar-refractivity contribution in [3.8, 4) is 0 Å². The predicted molar refractivity (Wildman–Crippen MR) is 70.2 cm³/mol. The van der Waals surface area contributed by atoms with Crippen LogP contribution in [0.3, 0.4) is 0 Å². The zero-order valence-corrected chi connectivity index (χ0v) is 11.2. The molecule has 1 aromatic rings. The molecule has 19 heavy (non-hydrogen) atoms. The van der Waals surface area contributed by atoms with Gasteiger partial charge in [0.25, 0.3) is 0 Å². The van der Waals surface area contributed by atoms with Crippen LogP contribution in [0.5, 0.6) is 0 Å². The summed E-state index contributed by atoms with van der Waals surface area (Å²) in [5.74, 6) is 0.440. The Bertz CT molecular complexity index is 374. The van der Waals surface area contributed by atoms with Crippen molar-refractivity contribution in [3.05, 3.63) is 12.4 Å². The van der Waals surface area contributed by atoms with E-state index in [1.807, 2.05) is 0 Å². The SMILES string of the molecule is O=C(Cn1ccnn1)NC(CCO)C1CCCCC1. The van der Waals surface area contributed by atoms with Gasteiger partial charge in [-0.05, 0) is 25.2 Å². The van der Waals surface area contributed by atoms with Crippen LogP contribution in [-0.4, -0.2) is 38.7 Å². The molecule has 0 aromatic carbocycles. The molecule has 2 N–H and O–H groups in total. The summed E-state index contributed by atoms with van der Waals surface area (Å²) in [5.41, 5.74) is 0. The van der Waals surface area contributed by atoms with Crippen molar-refractivity contribution in [2.24, 2.45) is 5.92 Å². The molecule has 1 aromatic heterocycles. The van der Waals surface area contributed by atoms with Gasteiger partial charge in [-0.2, -0.15) is 0 Å². The summed E-state index contributed by atoms with van der Waals surface area (Å²) in [6.45, 7) is 0.305. The fourth-order valence-electron chi connectivity index (χ4n) is 2.82. The fraction of sp³-hybridized carbons (Fsp3) is 0.769. The van der Waals surface area contributed by atoms with E-state index in [0.29, 0.717) is 12.3 Å². The highest BCUT2D eigenvalue weighted by Gasteiger charge is 2.24. The first-order valence-corrected chi connectivity index (χ1v) is 7.04. The standard InChI is InChI=1S/C13H22N4O2/c18-9-6-12(11-4-2-1-3-5-11)15-13(19)10-17-8-7-14-16-17/h7-8,11-12,18H,1-6,9-10H2,(H,15,19). The van der Waals surface area contributed by atoms with E-state index in [2.05, 4.69) is 15.6 Å². The molecule has 1 unspecified atom stereocenters. The van der Waals surface area contributed by atoms with Gasteiger partial charge in [0.1, 0.15) is 6.54 Å². The molecule has 6 nitrogen and oxygen atoms in total. The molecule has 1 saturated carbocycles. The van der Waals surface area contributed by atoms with E-state index in [-0.39, 0.29) is 25.1 Å². The molecular weight excluding hydrogens is 244 g/mol. The lowest BCUT2D eigenvalue weighted by Gasteiger charge is -2.30. The number of aromatic nitrogens is 3. The van der Waals surface area contributed by atoms with Crippen molar-refractivity contribution in [1.29, 1.82) is 0 Å². The van der Waals surface area contributed by atoms with Gasteiger partial charge in [-0.3, -0.25) is 4.79 Å². The van der Waals surface area contributed by atoms with E-state index in [4.69, 9.17) is 5.11 Å². The Balaban J connectivity index is 1.86. The van der Waals surface area contributed by atoms with Gasteiger partial charge in [-0.25, -0.2) is 4.68 Å². The van der Waals surface area contributed by atoms with Crippen LogP contribution in [0.25, 0.3) is 0 Å². The number of carbonyl (C=O) groups is 1. The van der Waals surface area contributed by atoms with Gasteiger partial charge < -0.3 is 10.4 Å². The second-order valence-corrected chi connectivity index (χ2v) is 5.19. The van der Waals surface area contributed by atoms with Crippen LogP contribution in [0.4, 0.5) is 0 Å². The minimum Gasteiger partial charge on any atom is -0.396 e. The zero-order valence-electron chi connectivity index (χ0n) is 11.2. The quantitative estimate of drug-likeness (QED) is 0.795. The lowest BCUT2D eigenvalue weighted by molar-refractivity contribution is -0.123. The van der Waals surface area contributed by atoms with Gasteiger partial charge in [0.05, 0.1) is 6.20 Å². The summed E-state index contributed by atoms with van der Waals surface area (Å²) in [6.07, 6.45) is 9.89.